The third-order valence-corrected chi connectivity index (χ3v) is 4.48. The quantitative estimate of drug-likeness (QED) is 0.725. The Balaban J connectivity index is 1.93. The van der Waals surface area contributed by atoms with E-state index in [1.807, 2.05) is 0 Å². The highest BCUT2D eigenvalue weighted by atomic mass is 79.9. The normalized spacial score (nSPS) is 23.9. The summed E-state index contributed by atoms with van der Waals surface area (Å²) in [6.45, 7) is 3.52. The van der Waals surface area contributed by atoms with E-state index in [2.05, 4.69) is 67.7 Å². The van der Waals surface area contributed by atoms with E-state index in [-0.39, 0.29) is 12.3 Å². The van der Waals surface area contributed by atoms with E-state index in [9.17, 15) is 0 Å². The van der Waals surface area contributed by atoms with Gasteiger partial charge < -0.3 is 14.0 Å². The molecular weight excluding hydrogens is 374 g/mol. The van der Waals surface area contributed by atoms with Crippen LogP contribution >= 0.6 is 31.9 Å². The second-order valence-corrected chi connectivity index (χ2v) is 6.35. The van der Waals surface area contributed by atoms with Crippen molar-refractivity contribution in [2.45, 2.75) is 19.3 Å². The van der Waals surface area contributed by atoms with Crippen molar-refractivity contribution in [1.82, 2.24) is 4.57 Å². The lowest BCUT2D eigenvalue weighted by molar-refractivity contribution is -0.182. The lowest BCUT2D eigenvalue weighted by Crippen LogP contribution is -2.34. The van der Waals surface area contributed by atoms with E-state index < -0.39 is 0 Å². The summed E-state index contributed by atoms with van der Waals surface area (Å²) in [5.74, 6) is 0. The topological polar surface area (TPSA) is 23.4 Å². The van der Waals surface area contributed by atoms with Gasteiger partial charge in [-0.2, -0.15) is 0 Å². The van der Waals surface area contributed by atoms with Crippen molar-refractivity contribution >= 4 is 42.8 Å². The van der Waals surface area contributed by atoms with Crippen molar-refractivity contribution in [3.05, 3.63) is 34.4 Å². The predicted molar refractivity (Wildman–Crippen MR) is 82.9 cm³/mol. The van der Waals surface area contributed by atoms with Crippen LogP contribution in [0, 0.1) is 6.92 Å². The fourth-order valence-electron chi connectivity index (χ4n) is 2.48. The average Bonchev–Trinajstić information content (AvgIpc) is 2.76. The summed E-state index contributed by atoms with van der Waals surface area (Å²) in [7, 11) is 0. The molecule has 0 spiro atoms. The molecular formula is C14H15Br2NO2. The third-order valence-electron chi connectivity index (χ3n) is 3.46. The SMILES string of the molecule is Cc1cn(C2COC(CBr)OC2)c2ccc(Br)cc12. The van der Waals surface area contributed by atoms with E-state index in [1.54, 1.807) is 0 Å². The maximum atomic E-state index is 5.68. The summed E-state index contributed by atoms with van der Waals surface area (Å²) in [6.07, 6.45) is 2.07. The fraction of sp³-hybridized carbons (Fsp3) is 0.429. The molecule has 3 nitrogen and oxygen atoms in total. The molecule has 1 aliphatic heterocycles. The Morgan fingerprint density at radius 3 is 2.74 bits per heavy atom. The number of halogens is 2. The standard InChI is InChI=1S/C14H15Br2NO2/c1-9-6-17(11-7-18-14(5-15)19-8-11)13-3-2-10(16)4-12(9)13/h2-4,6,11,14H,5,7-8H2,1H3. The summed E-state index contributed by atoms with van der Waals surface area (Å²) < 4.78 is 14.7. The van der Waals surface area contributed by atoms with Crippen molar-refractivity contribution in [3.8, 4) is 0 Å². The van der Waals surface area contributed by atoms with Crippen LogP contribution in [0.4, 0.5) is 0 Å². The zero-order valence-corrected chi connectivity index (χ0v) is 13.8. The minimum atomic E-state index is -0.117. The van der Waals surface area contributed by atoms with Gasteiger partial charge in [-0.1, -0.05) is 31.9 Å². The number of aromatic nitrogens is 1. The molecule has 0 N–H and O–H groups in total. The number of alkyl halides is 1. The first-order valence-corrected chi connectivity index (χ1v) is 8.16. The van der Waals surface area contributed by atoms with Gasteiger partial charge in [0.15, 0.2) is 6.29 Å². The summed E-state index contributed by atoms with van der Waals surface area (Å²) in [5.41, 5.74) is 2.51. The van der Waals surface area contributed by atoms with Crippen LogP contribution in [0.1, 0.15) is 11.6 Å². The second kappa shape index (κ2) is 5.56. The highest BCUT2D eigenvalue weighted by molar-refractivity contribution is 9.10. The maximum absolute atomic E-state index is 5.68. The molecule has 0 atom stereocenters. The molecule has 3 rings (SSSR count). The van der Waals surface area contributed by atoms with Gasteiger partial charge in [0.2, 0.25) is 0 Å². The highest BCUT2D eigenvalue weighted by Gasteiger charge is 2.24. The molecule has 2 heterocycles. The minimum absolute atomic E-state index is 0.117. The number of nitrogens with zero attached hydrogens (tertiary/aromatic N) is 1. The maximum Gasteiger partial charge on any atom is 0.167 e. The molecule has 1 saturated heterocycles. The van der Waals surface area contributed by atoms with E-state index in [1.165, 1.54) is 16.5 Å². The first-order chi connectivity index (χ1) is 9.19. The largest absolute Gasteiger partial charge is 0.350 e. The van der Waals surface area contributed by atoms with Gasteiger partial charge in [0.25, 0.3) is 0 Å². The van der Waals surface area contributed by atoms with Crippen LogP contribution < -0.4 is 0 Å². The summed E-state index contributed by atoms with van der Waals surface area (Å²) in [5, 5.41) is 2.00. The zero-order chi connectivity index (χ0) is 13.4. The van der Waals surface area contributed by atoms with Crippen molar-refractivity contribution < 1.29 is 9.47 Å². The molecule has 19 heavy (non-hydrogen) atoms. The fourth-order valence-corrected chi connectivity index (χ4v) is 3.22. The van der Waals surface area contributed by atoms with Crippen LogP contribution in [0.2, 0.25) is 0 Å². The van der Waals surface area contributed by atoms with Gasteiger partial charge in [-0.25, -0.2) is 0 Å². The Bertz CT molecular complexity index is 588. The Hall–Kier alpha value is -0.360. The van der Waals surface area contributed by atoms with Crippen LogP contribution in [-0.4, -0.2) is 29.4 Å². The third kappa shape index (κ3) is 2.61. The molecule has 102 valence electrons. The van der Waals surface area contributed by atoms with Crippen LogP contribution in [0.25, 0.3) is 10.9 Å². The van der Waals surface area contributed by atoms with Crippen LogP contribution in [0.15, 0.2) is 28.9 Å². The predicted octanol–water partition coefficient (Wildman–Crippen LogP) is 4.02. The molecule has 2 aromatic rings. The van der Waals surface area contributed by atoms with Crippen LogP contribution in [0.3, 0.4) is 0 Å². The number of hydrogen-bond acceptors (Lipinski definition) is 2. The molecule has 1 fully saturated rings. The minimum Gasteiger partial charge on any atom is -0.350 e. The monoisotopic (exact) mass is 387 g/mol. The molecule has 0 bridgehead atoms. The van der Waals surface area contributed by atoms with E-state index in [0.717, 1.165) is 9.80 Å². The number of fused-ring (bicyclic) bond motifs is 1. The van der Waals surface area contributed by atoms with Gasteiger partial charge in [0.1, 0.15) is 0 Å². The van der Waals surface area contributed by atoms with Gasteiger partial charge in [0, 0.05) is 21.6 Å². The molecule has 0 aliphatic carbocycles. The molecule has 0 radical (unpaired) electrons. The van der Waals surface area contributed by atoms with Crippen molar-refractivity contribution in [1.29, 1.82) is 0 Å². The number of benzene rings is 1. The van der Waals surface area contributed by atoms with Crippen molar-refractivity contribution in [3.63, 3.8) is 0 Å². The number of ether oxygens (including phenoxy) is 2. The number of hydrogen-bond donors (Lipinski definition) is 0. The lowest BCUT2D eigenvalue weighted by Gasteiger charge is -2.29. The first kappa shape index (κ1) is 13.6. The Morgan fingerprint density at radius 2 is 2.05 bits per heavy atom. The van der Waals surface area contributed by atoms with Crippen LogP contribution in [0.5, 0.6) is 0 Å². The lowest BCUT2D eigenvalue weighted by atomic mass is 10.2. The summed E-state index contributed by atoms with van der Waals surface area (Å²) >= 11 is 6.90. The van der Waals surface area contributed by atoms with Gasteiger partial charge in [-0.05, 0) is 30.7 Å². The van der Waals surface area contributed by atoms with Gasteiger partial charge >= 0.3 is 0 Å². The molecule has 5 heteroatoms. The average molecular weight is 389 g/mol. The molecule has 0 unspecified atom stereocenters. The summed E-state index contributed by atoms with van der Waals surface area (Å²) in [4.78, 5) is 0. The summed E-state index contributed by atoms with van der Waals surface area (Å²) in [6, 6.07) is 6.62. The van der Waals surface area contributed by atoms with E-state index in [0.29, 0.717) is 13.2 Å². The Labute approximate surface area is 129 Å². The molecule has 1 aromatic carbocycles. The van der Waals surface area contributed by atoms with Gasteiger partial charge in [0.05, 0.1) is 24.6 Å². The Morgan fingerprint density at radius 1 is 1.32 bits per heavy atom. The highest BCUT2D eigenvalue weighted by Crippen LogP contribution is 2.29. The Kier molecular flexibility index (Phi) is 3.98. The smallest absolute Gasteiger partial charge is 0.167 e. The molecule has 1 aliphatic rings. The molecule has 0 amide bonds. The van der Waals surface area contributed by atoms with E-state index >= 15 is 0 Å². The van der Waals surface area contributed by atoms with Crippen molar-refractivity contribution in [2.24, 2.45) is 0 Å². The molecule has 1 aromatic heterocycles. The number of rotatable bonds is 2. The second-order valence-electron chi connectivity index (χ2n) is 4.79. The first-order valence-electron chi connectivity index (χ1n) is 6.25. The zero-order valence-electron chi connectivity index (χ0n) is 10.6. The number of aryl methyl sites for hydroxylation is 1. The van der Waals surface area contributed by atoms with E-state index in [4.69, 9.17) is 9.47 Å². The molecule has 0 saturated carbocycles. The van der Waals surface area contributed by atoms with Gasteiger partial charge in [-0.3, -0.25) is 0 Å². The van der Waals surface area contributed by atoms with Crippen molar-refractivity contribution in [2.75, 3.05) is 18.5 Å². The van der Waals surface area contributed by atoms with Crippen LogP contribution in [-0.2, 0) is 9.47 Å². The van der Waals surface area contributed by atoms with Gasteiger partial charge in [-0.15, -0.1) is 0 Å².